The Kier molecular flexibility index (Phi) is 3.95. The van der Waals surface area contributed by atoms with Crippen molar-refractivity contribution in [2.24, 2.45) is 0 Å². The summed E-state index contributed by atoms with van der Waals surface area (Å²) in [5.74, 6) is 0. The fourth-order valence-corrected chi connectivity index (χ4v) is 2.00. The van der Waals surface area contributed by atoms with Gasteiger partial charge in [-0.2, -0.15) is 0 Å². The molecular weight excluding hydrogens is 234 g/mol. The van der Waals surface area contributed by atoms with Gasteiger partial charge in [-0.25, -0.2) is 4.68 Å². The maximum atomic E-state index is 4.32. The number of aromatic nitrogens is 3. The van der Waals surface area contributed by atoms with Crippen LogP contribution >= 0.6 is 0 Å². The first-order valence-electron chi connectivity index (χ1n) is 6.34. The van der Waals surface area contributed by atoms with E-state index in [0.717, 1.165) is 34.5 Å². The van der Waals surface area contributed by atoms with E-state index in [9.17, 15) is 0 Å². The van der Waals surface area contributed by atoms with Gasteiger partial charge in [-0.05, 0) is 13.8 Å². The Morgan fingerprint density at radius 2 is 1.79 bits per heavy atom. The van der Waals surface area contributed by atoms with Crippen molar-refractivity contribution in [3.8, 4) is 11.3 Å². The Morgan fingerprint density at radius 1 is 1.11 bits per heavy atom. The quantitative estimate of drug-likeness (QED) is 0.762. The molecule has 0 amide bonds. The molecule has 0 aliphatic carbocycles. The van der Waals surface area contributed by atoms with Crippen molar-refractivity contribution in [1.29, 1.82) is 0 Å². The van der Waals surface area contributed by atoms with Crippen molar-refractivity contribution in [3.63, 3.8) is 0 Å². The second-order valence-electron chi connectivity index (χ2n) is 5.00. The molecule has 1 heterocycles. The predicted octanol–water partition coefficient (Wildman–Crippen LogP) is 3.64. The number of benzene rings is 1. The molecule has 1 aromatic heterocycles. The largest absolute Gasteiger partial charge is 0.244 e. The summed E-state index contributed by atoms with van der Waals surface area (Å²) in [4.78, 5) is 0. The summed E-state index contributed by atoms with van der Waals surface area (Å²) in [6.45, 7) is 12.6. The first-order valence-corrected chi connectivity index (χ1v) is 6.34. The molecule has 3 heteroatoms. The minimum absolute atomic E-state index is 0.697. The lowest BCUT2D eigenvalue weighted by Crippen LogP contribution is -2.06. The van der Waals surface area contributed by atoms with Gasteiger partial charge in [0.1, 0.15) is 5.69 Å². The fourth-order valence-electron chi connectivity index (χ4n) is 2.00. The van der Waals surface area contributed by atoms with E-state index in [1.54, 1.807) is 0 Å². The molecule has 0 unspecified atom stereocenters. The second-order valence-corrected chi connectivity index (χ2v) is 5.00. The van der Waals surface area contributed by atoms with E-state index in [1.807, 2.05) is 36.7 Å². The zero-order valence-corrected chi connectivity index (χ0v) is 11.6. The number of hydrogen-bond donors (Lipinski definition) is 0. The van der Waals surface area contributed by atoms with Crippen LogP contribution in [0.5, 0.6) is 0 Å². The third kappa shape index (κ3) is 3.19. The molecule has 0 aliphatic rings. The highest BCUT2D eigenvalue weighted by Crippen LogP contribution is 2.23. The van der Waals surface area contributed by atoms with Crippen LogP contribution in [0.4, 0.5) is 0 Å². The smallest absolute Gasteiger partial charge is 0.116 e. The maximum Gasteiger partial charge on any atom is 0.116 e. The Morgan fingerprint density at radius 3 is 2.37 bits per heavy atom. The topological polar surface area (TPSA) is 30.7 Å². The summed E-state index contributed by atoms with van der Waals surface area (Å²) in [6, 6.07) is 10.1. The highest BCUT2D eigenvalue weighted by molar-refractivity contribution is 5.61. The van der Waals surface area contributed by atoms with Gasteiger partial charge in [-0.3, -0.25) is 0 Å². The van der Waals surface area contributed by atoms with Crippen LogP contribution in [0.1, 0.15) is 19.5 Å². The van der Waals surface area contributed by atoms with Crippen LogP contribution in [-0.2, 0) is 13.0 Å². The standard InChI is InChI=1S/C16H19N3/c1-12(2)10-15-16(14-8-6-5-7-9-14)17-18-19(15)11-13(3)4/h5-9H,1,3,10-11H2,2,4H3. The van der Waals surface area contributed by atoms with Crippen molar-refractivity contribution in [1.82, 2.24) is 15.0 Å². The molecule has 0 radical (unpaired) electrons. The van der Waals surface area contributed by atoms with Gasteiger partial charge >= 0.3 is 0 Å². The van der Waals surface area contributed by atoms with Gasteiger partial charge in [0.05, 0.1) is 12.2 Å². The van der Waals surface area contributed by atoms with Crippen molar-refractivity contribution in [3.05, 3.63) is 60.3 Å². The summed E-state index contributed by atoms with van der Waals surface area (Å²) in [5, 5.41) is 8.57. The molecule has 0 atom stereocenters. The molecule has 0 spiro atoms. The minimum Gasteiger partial charge on any atom is -0.244 e. The fraction of sp³-hybridized carbons (Fsp3) is 0.250. The van der Waals surface area contributed by atoms with E-state index in [-0.39, 0.29) is 0 Å². The van der Waals surface area contributed by atoms with Crippen LogP contribution in [-0.4, -0.2) is 15.0 Å². The Balaban J connectivity index is 2.46. The summed E-state index contributed by atoms with van der Waals surface area (Å²) in [6.07, 6.45) is 0.782. The molecule has 98 valence electrons. The molecule has 19 heavy (non-hydrogen) atoms. The van der Waals surface area contributed by atoms with Crippen LogP contribution in [0.2, 0.25) is 0 Å². The molecule has 2 rings (SSSR count). The maximum absolute atomic E-state index is 4.32. The third-order valence-corrected chi connectivity index (χ3v) is 2.77. The number of nitrogens with zero attached hydrogens (tertiary/aromatic N) is 3. The van der Waals surface area contributed by atoms with Gasteiger partial charge in [0.2, 0.25) is 0 Å². The molecule has 0 N–H and O–H groups in total. The Bertz CT molecular complexity index is 594. The molecule has 0 bridgehead atoms. The summed E-state index contributed by atoms with van der Waals surface area (Å²) in [7, 11) is 0. The zero-order valence-electron chi connectivity index (χ0n) is 11.6. The molecule has 0 fully saturated rings. The highest BCUT2D eigenvalue weighted by Gasteiger charge is 2.14. The lowest BCUT2D eigenvalue weighted by molar-refractivity contribution is 0.618. The lowest BCUT2D eigenvalue weighted by atomic mass is 10.1. The number of hydrogen-bond acceptors (Lipinski definition) is 2. The molecule has 3 nitrogen and oxygen atoms in total. The average molecular weight is 253 g/mol. The van der Waals surface area contributed by atoms with Gasteiger partial charge in [0.15, 0.2) is 0 Å². The summed E-state index contributed by atoms with van der Waals surface area (Å²) in [5.41, 5.74) is 5.29. The van der Waals surface area contributed by atoms with Crippen molar-refractivity contribution < 1.29 is 0 Å². The Labute approximate surface area is 114 Å². The van der Waals surface area contributed by atoms with E-state index in [0.29, 0.717) is 6.54 Å². The first-order chi connectivity index (χ1) is 9.08. The van der Waals surface area contributed by atoms with Crippen molar-refractivity contribution in [2.75, 3.05) is 0 Å². The third-order valence-electron chi connectivity index (χ3n) is 2.77. The number of rotatable bonds is 5. The van der Waals surface area contributed by atoms with Gasteiger partial charge in [-0.15, -0.1) is 5.10 Å². The summed E-state index contributed by atoms with van der Waals surface area (Å²) >= 11 is 0. The van der Waals surface area contributed by atoms with E-state index < -0.39 is 0 Å². The van der Waals surface area contributed by atoms with E-state index >= 15 is 0 Å². The van der Waals surface area contributed by atoms with Crippen molar-refractivity contribution >= 4 is 0 Å². The van der Waals surface area contributed by atoms with Crippen molar-refractivity contribution in [2.45, 2.75) is 26.8 Å². The van der Waals surface area contributed by atoms with Gasteiger partial charge in [0.25, 0.3) is 0 Å². The molecule has 0 saturated carbocycles. The van der Waals surface area contributed by atoms with E-state index in [4.69, 9.17) is 0 Å². The second kappa shape index (κ2) is 5.65. The van der Waals surface area contributed by atoms with E-state index in [2.05, 4.69) is 35.6 Å². The minimum atomic E-state index is 0.697. The monoisotopic (exact) mass is 253 g/mol. The van der Waals surface area contributed by atoms with Gasteiger partial charge in [-0.1, -0.05) is 59.8 Å². The molecular formula is C16H19N3. The van der Waals surface area contributed by atoms with Gasteiger partial charge in [0, 0.05) is 12.0 Å². The molecule has 2 aromatic rings. The lowest BCUT2D eigenvalue weighted by Gasteiger charge is -2.08. The first kappa shape index (κ1) is 13.3. The summed E-state index contributed by atoms with van der Waals surface area (Å²) < 4.78 is 1.92. The highest BCUT2D eigenvalue weighted by atomic mass is 15.4. The molecule has 0 aliphatic heterocycles. The van der Waals surface area contributed by atoms with Gasteiger partial charge < -0.3 is 0 Å². The van der Waals surface area contributed by atoms with Crippen LogP contribution in [0.3, 0.4) is 0 Å². The molecule has 0 saturated heterocycles. The van der Waals surface area contributed by atoms with Crippen LogP contribution in [0.25, 0.3) is 11.3 Å². The van der Waals surface area contributed by atoms with Crippen LogP contribution in [0.15, 0.2) is 54.6 Å². The normalized spacial score (nSPS) is 10.4. The Hall–Kier alpha value is -2.16. The SMILES string of the molecule is C=C(C)Cc1c(-c2ccccc2)nnn1CC(=C)C. The van der Waals surface area contributed by atoms with Crippen LogP contribution in [0, 0.1) is 0 Å². The van der Waals surface area contributed by atoms with E-state index in [1.165, 1.54) is 0 Å². The average Bonchev–Trinajstić information content (AvgIpc) is 2.72. The zero-order chi connectivity index (χ0) is 13.8. The predicted molar refractivity (Wildman–Crippen MR) is 78.8 cm³/mol. The molecule has 1 aromatic carbocycles. The number of allylic oxidation sites excluding steroid dienone is 2. The van der Waals surface area contributed by atoms with Crippen LogP contribution < -0.4 is 0 Å².